The van der Waals surface area contributed by atoms with Crippen LogP contribution in [0.25, 0.3) is 0 Å². The second kappa shape index (κ2) is 9.97. The number of hydrogen-bond donors (Lipinski definition) is 0. The van der Waals surface area contributed by atoms with Crippen LogP contribution in [0.3, 0.4) is 0 Å². The van der Waals surface area contributed by atoms with Crippen molar-refractivity contribution in [2.24, 2.45) is 5.18 Å². The predicted octanol–water partition coefficient (Wildman–Crippen LogP) is 5.75. The van der Waals surface area contributed by atoms with Crippen LogP contribution in [0.5, 0.6) is 0 Å². The Morgan fingerprint density at radius 2 is 1.59 bits per heavy atom. The second-order valence-electron chi connectivity index (χ2n) is 7.33. The lowest BCUT2D eigenvalue weighted by Crippen LogP contribution is -2.23. The summed E-state index contributed by atoms with van der Waals surface area (Å²) in [4.78, 5) is 18.4. The minimum Gasteiger partial charge on any atom is -0.372 e. The zero-order valence-electron chi connectivity index (χ0n) is 17.5. The molecule has 0 saturated heterocycles. The van der Waals surface area contributed by atoms with E-state index in [9.17, 15) is 4.91 Å². The van der Waals surface area contributed by atoms with Gasteiger partial charge in [-0.25, -0.2) is 0 Å². The van der Waals surface area contributed by atoms with Crippen molar-refractivity contribution in [3.8, 4) is 0 Å². The van der Waals surface area contributed by atoms with Gasteiger partial charge in [-0.1, -0.05) is 41.6 Å². The number of benzene rings is 2. The Balaban J connectivity index is 2.01. The number of pyridine rings is 1. The van der Waals surface area contributed by atoms with Crippen LogP contribution in [-0.2, 0) is 6.42 Å². The molecule has 0 fully saturated rings. The van der Waals surface area contributed by atoms with E-state index < -0.39 is 6.04 Å². The Kier molecular flexibility index (Phi) is 7.12. The first-order chi connectivity index (χ1) is 14.2. The third kappa shape index (κ3) is 4.89. The normalized spacial score (nSPS) is 12.9. The summed E-state index contributed by atoms with van der Waals surface area (Å²) in [5.74, 6) is -0.0902. The van der Waals surface area contributed by atoms with E-state index in [1.807, 2.05) is 24.3 Å². The number of rotatable bonds is 9. The molecular formula is C25H29N3O. The second-order valence-corrected chi connectivity index (χ2v) is 7.33. The van der Waals surface area contributed by atoms with Gasteiger partial charge in [0, 0.05) is 37.1 Å². The lowest BCUT2D eigenvalue weighted by atomic mass is 9.81. The van der Waals surface area contributed by atoms with E-state index in [0.29, 0.717) is 6.42 Å². The highest BCUT2D eigenvalue weighted by Crippen LogP contribution is 2.34. The Morgan fingerprint density at radius 3 is 2.17 bits per heavy atom. The van der Waals surface area contributed by atoms with Crippen molar-refractivity contribution in [2.75, 3.05) is 18.0 Å². The summed E-state index contributed by atoms with van der Waals surface area (Å²) in [5.41, 5.74) is 5.72. The molecule has 0 radical (unpaired) electrons. The molecule has 150 valence electrons. The summed E-state index contributed by atoms with van der Waals surface area (Å²) in [6, 6.07) is 20.4. The Morgan fingerprint density at radius 1 is 0.931 bits per heavy atom. The monoisotopic (exact) mass is 387 g/mol. The van der Waals surface area contributed by atoms with E-state index in [1.54, 1.807) is 12.4 Å². The Hall–Kier alpha value is -3.01. The summed E-state index contributed by atoms with van der Waals surface area (Å²) < 4.78 is 0. The first-order valence-corrected chi connectivity index (χ1v) is 10.3. The molecule has 0 aliphatic heterocycles. The van der Waals surface area contributed by atoms with Crippen molar-refractivity contribution in [3.63, 3.8) is 0 Å². The van der Waals surface area contributed by atoms with Crippen LogP contribution in [0.1, 0.15) is 42.0 Å². The van der Waals surface area contributed by atoms with Crippen LogP contribution in [0.15, 0.2) is 78.2 Å². The maximum Gasteiger partial charge on any atom is 0.107 e. The van der Waals surface area contributed by atoms with E-state index in [1.165, 1.54) is 11.3 Å². The van der Waals surface area contributed by atoms with Gasteiger partial charge in [-0.15, -0.1) is 0 Å². The van der Waals surface area contributed by atoms with Crippen molar-refractivity contribution >= 4 is 5.69 Å². The highest BCUT2D eigenvalue weighted by Gasteiger charge is 2.27. The molecular weight excluding hydrogens is 358 g/mol. The van der Waals surface area contributed by atoms with E-state index in [2.05, 4.69) is 72.2 Å². The summed E-state index contributed by atoms with van der Waals surface area (Å²) in [5, 5.41) is 3.59. The van der Waals surface area contributed by atoms with E-state index >= 15 is 0 Å². The number of aromatic nitrogens is 1. The molecule has 1 aromatic heterocycles. The molecule has 3 aromatic rings. The molecule has 0 spiro atoms. The third-order valence-electron chi connectivity index (χ3n) is 5.62. The van der Waals surface area contributed by atoms with Crippen LogP contribution in [0, 0.1) is 11.8 Å². The molecule has 4 heteroatoms. The maximum absolute atomic E-state index is 12.0. The predicted molar refractivity (Wildman–Crippen MR) is 121 cm³/mol. The molecule has 0 saturated carbocycles. The number of nitroso groups, excluding NO2 is 1. The van der Waals surface area contributed by atoms with E-state index in [-0.39, 0.29) is 5.92 Å². The molecule has 0 amide bonds. The van der Waals surface area contributed by atoms with Crippen LogP contribution in [-0.4, -0.2) is 24.1 Å². The zero-order chi connectivity index (χ0) is 20.6. The van der Waals surface area contributed by atoms with Gasteiger partial charge in [0.15, 0.2) is 0 Å². The maximum atomic E-state index is 12.0. The summed E-state index contributed by atoms with van der Waals surface area (Å²) in [7, 11) is 0. The van der Waals surface area contributed by atoms with Crippen molar-refractivity contribution in [3.05, 3.63) is 100 Å². The van der Waals surface area contributed by atoms with Crippen LogP contribution < -0.4 is 4.90 Å². The van der Waals surface area contributed by atoms with Gasteiger partial charge >= 0.3 is 0 Å². The quantitative estimate of drug-likeness (QED) is 0.439. The third-order valence-corrected chi connectivity index (χ3v) is 5.62. The minimum absolute atomic E-state index is 0.0902. The van der Waals surface area contributed by atoms with Crippen molar-refractivity contribution in [2.45, 2.75) is 39.2 Å². The fourth-order valence-electron chi connectivity index (χ4n) is 4.00. The minimum atomic E-state index is -0.391. The Bertz CT molecular complexity index is 905. The first kappa shape index (κ1) is 20.7. The fraction of sp³-hybridized carbons (Fsp3) is 0.320. The lowest BCUT2D eigenvalue weighted by Gasteiger charge is -2.26. The molecule has 2 unspecified atom stereocenters. The van der Waals surface area contributed by atoms with Gasteiger partial charge < -0.3 is 4.90 Å². The number of anilines is 1. The fourth-order valence-corrected chi connectivity index (χ4v) is 4.00. The number of nitrogens with zero attached hydrogens (tertiary/aromatic N) is 3. The first-order valence-electron chi connectivity index (χ1n) is 10.3. The van der Waals surface area contributed by atoms with Crippen molar-refractivity contribution in [1.29, 1.82) is 0 Å². The van der Waals surface area contributed by atoms with Gasteiger partial charge in [0.2, 0.25) is 0 Å². The highest BCUT2D eigenvalue weighted by molar-refractivity contribution is 5.50. The van der Waals surface area contributed by atoms with Gasteiger partial charge in [0.25, 0.3) is 0 Å². The average molecular weight is 388 g/mol. The van der Waals surface area contributed by atoms with Crippen molar-refractivity contribution in [1.82, 2.24) is 4.98 Å². The van der Waals surface area contributed by atoms with Gasteiger partial charge in [-0.2, -0.15) is 4.91 Å². The standard InChI is InChI=1S/C25H29N3O/c1-4-28(5-2)22-12-10-21(11-13-22)25(23-9-7-6-8-19(23)3)24(27-29)18-20-14-16-26-17-15-20/h6-17,24-25H,4-5,18H2,1-3H3. The Labute approximate surface area is 173 Å². The smallest absolute Gasteiger partial charge is 0.107 e. The molecule has 2 aromatic carbocycles. The number of hydrogen-bond acceptors (Lipinski definition) is 4. The molecule has 0 bridgehead atoms. The van der Waals surface area contributed by atoms with E-state index in [0.717, 1.165) is 29.8 Å². The van der Waals surface area contributed by atoms with Crippen LogP contribution >= 0.6 is 0 Å². The van der Waals surface area contributed by atoms with Gasteiger partial charge in [-0.3, -0.25) is 4.98 Å². The van der Waals surface area contributed by atoms with Gasteiger partial charge in [-0.05, 0) is 73.7 Å². The zero-order valence-corrected chi connectivity index (χ0v) is 17.5. The molecule has 0 aliphatic rings. The van der Waals surface area contributed by atoms with Gasteiger partial charge in [0.1, 0.15) is 6.04 Å². The molecule has 3 rings (SSSR count). The summed E-state index contributed by atoms with van der Waals surface area (Å²) in [6.07, 6.45) is 4.11. The number of aryl methyl sites for hydroxylation is 1. The van der Waals surface area contributed by atoms with Crippen LogP contribution in [0.2, 0.25) is 0 Å². The summed E-state index contributed by atoms with van der Waals surface area (Å²) in [6.45, 7) is 8.36. The largest absolute Gasteiger partial charge is 0.372 e. The summed E-state index contributed by atoms with van der Waals surface area (Å²) >= 11 is 0. The molecule has 0 aliphatic carbocycles. The van der Waals surface area contributed by atoms with Crippen molar-refractivity contribution < 1.29 is 0 Å². The van der Waals surface area contributed by atoms with Crippen LogP contribution in [0.4, 0.5) is 5.69 Å². The highest BCUT2D eigenvalue weighted by atomic mass is 16.3. The molecule has 2 atom stereocenters. The average Bonchev–Trinajstić information content (AvgIpc) is 2.77. The lowest BCUT2D eigenvalue weighted by molar-refractivity contribution is 0.586. The molecule has 0 N–H and O–H groups in total. The molecule has 1 heterocycles. The SMILES string of the molecule is CCN(CC)c1ccc(C(c2ccccc2C)C(Cc2ccncc2)N=O)cc1. The molecule has 29 heavy (non-hydrogen) atoms. The topological polar surface area (TPSA) is 45.6 Å². The molecule has 4 nitrogen and oxygen atoms in total. The van der Waals surface area contributed by atoms with Gasteiger partial charge in [0.05, 0.1) is 0 Å². The van der Waals surface area contributed by atoms with E-state index in [4.69, 9.17) is 0 Å².